The predicted molar refractivity (Wildman–Crippen MR) is 69.9 cm³/mol. The van der Waals surface area contributed by atoms with E-state index in [-0.39, 0.29) is 5.97 Å². The van der Waals surface area contributed by atoms with Crippen LogP contribution in [-0.4, -0.2) is 35.9 Å². The van der Waals surface area contributed by atoms with Gasteiger partial charge in [0.05, 0.1) is 18.8 Å². The SMILES string of the molecule is CCN1C=Nc2c(C(=O)OC)sc3ncnc1c23. The molecule has 0 amide bonds. The van der Waals surface area contributed by atoms with E-state index in [1.54, 1.807) is 6.34 Å². The fraction of sp³-hybridized carbons (Fsp3) is 0.273. The van der Waals surface area contributed by atoms with Crippen LogP contribution in [0.5, 0.6) is 0 Å². The topological polar surface area (TPSA) is 67.7 Å². The molecule has 3 heterocycles. The van der Waals surface area contributed by atoms with Crippen LogP contribution in [0.25, 0.3) is 10.2 Å². The minimum Gasteiger partial charge on any atom is -0.465 e. The highest BCUT2D eigenvalue weighted by Crippen LogP contribution is 2.43. The quantitative estimate of drug-likeness (QED) is 0.774. The summed E-state index contributed by atoms with van der Waals surface area (Å²) < 4.78 is 4.76. The molecule has 3 rings (SSSR count). The molecule has 0 saturated carbocycles. The van der Waals surface area contributed by atoms with E-state index in [0.717, 1.165) is 22.6 Å². The van der Waals surface area contributed by atoms with Crippen molar-refractivity contribution in [2.75, 3.05) is 18.6 Å². The van der Waals surface area contributed by atoms with Crippen LogP contribution in [0.3, 0.4) is 0 Å². The number of carbonyl (C=O) groups excluding carboxylic acids is 1. The van der Waals surface area contributed by atoms with Crippen LogP contribution in [0.2, 0.25) is 0 Å². The largest absolute Gasteiger partial charge is 0.465 e. The molecule has 92 valence electrons. The number of hydrogen-bond acceptors (Lipinski definition) is 7. The predicted octanol–water partition coefficient (Wildman–Crippen LogP) is 1.98. The van der Waals surface area contributed by atoms with Gasteiger partial charge >= 0.3 is 5.97 Å². The Morgan fingerprint density at radius 2 is 2.33 bits per heavy atom. The van der Waals surface area contributed by atoms with Gasteiger partial charge in [0.25, 0.3) is 0 Å². The van der Waals surface area contributed by atoms with E-state index in [0.29, 0.717) is 10.6 Å². The van der Waals surface area contributed by atoms with Gasteiger partial charge in [-0.25, -0.2) is 19.8 Å². The molecule has 6 nitrogen and oxygen atoms in total. The molecule has 1 aliphatic rings. The van der Waals surface area contributed by atoms with Gasteiger partial charge in [-0.3, -0.25) is 0 Å². The third-order valence-electron chi connectivity index (χ3n) is 2.75. The number of carbonyl (C=O) groups is 1. The van der Waals surface area contributed by atoms with Crippen LogP contribution in [0.1, 0.15) is 16.6 Å². The molecule has 0 spiro atoms. The fourth-order valence-electron chi connectivity index (χ4n) is 1.89. The van der Waals surface area contributed by atoms with Gasteiger partial charge in [0, 0.05) is 6.54 Å². The Morgan fingerprint density at radius 1 is 1.50 bits per heavy atom. The smallest absolute Gasteiger partial charge is 0.350 e. The lowest BCUT2D eigenvalue weighted by molar-refractivity contribution is 0.0607. The molecule has 2 aromatic heterocycles. The van der Waals surface area contributed by atoms with E-state index in [2.05, 4.69) is 15.0 Å². The zero-order valence-electron chi connectivity index (χ0n) is 9.88. The average molecular weight is 262 g/mol. The zero-order valence-corrected chi connectivity index (χ0v) is 10.7. The van der Waals surface area contributed by atoms with Gasteiger partial charge < -0.3 is 9.64 Å². The first-order valence-electron chi connectivity index (χ1n) is 5.43. The molecule has 0 N–H and O–H groups in total. The second-order valence-corrected chi connectivity index (χ2v) is 4.68. The molecule has 0 unspecified atom stereocenters. The molecule has 0 fully saturated rings. The number of aromatic nitrogens is 2. The molecule has 18 heavy (non-hydrogen) atoms. The van der Waals surface area contributed by atoms with Gasteiger partial charge in [0.1, 0.15) is 27.5 Å². The maximum atomic E-state index is 11.7. The molecular weight excluding hydrogens is 252 g/mol. The summed E-state index contributed by atoms with van der Waals surface area (Å²) in [6, 6.07) is 0. The molecule has 1 aliphatic heterocycles. The zero-order chi connectivity index (χ0) is 12.7. The number of thiophene rings is 1. The second kappa shape index (κ2) is 4.02. The van der Waals surface area contributed by atoms with Gasteiger partial charge in [-0.05, 0) is 6.92 Å². The van der Waals surface area contributed by atoms with Crippen molar-refractivity contribution >= 4 is 45.4 Å². The van der Waals surface area contributed by atoms with Gasteiger partial charge in [0.2, 0.25) is 0 Å². The van der Waals surface area contributed by atoms with Crippen LogP contribution < -0.4 is 4.90 Å². The number of ether oxygens (including phenoxy) is 1. The Balaban J connectivity index is 2.32. The average Bonchev–Trinajstić information content (AvgIpc) is 2.79. The van der Waals surface area contributed by atoms with Crippen LogP contribution in [0.15, 0.2) is 11.3 Å². The summed E-state index contributed by atoms with van der Waals surface area (Å²) in [6.45, 7) is 2.77. The summed E-state index contributed by atoms with van der Waals surface area (Å²) in [5, 5.41) is 0.826. The maximum absolute atomic E-state index is 11.7. The Kier molecular flexibility index (Phi) is 2.48. The third kappa shape index (κ3) is 1.40. The number of methoxy groups -OCH3 is 1. The minimum atomic E-state index is -0.388. The molecule has 0 aromatic carbocycles. The molecule has 2 aromatic rings. The first-order valence-corrected chi connectivity index (χ1v) is 6.24. The lowest BCUT2D eigenvalue weighted by Gasteiger charge is -2.20. The van der Waals surface area contributed by atoms with E-state index in [4.69, 9.17) is 4.74 Å². The number of aliphatic imine (C=N–C) groups is 1. The number of rotatable bonds is 2. The highest BCUT2D eigenvalue weighted by atomic mass is 32.1. The van der Waals surface area contributed by atoms with E-state index >= 15 is 0 Å². The van der Waals surface area contributed by atoms with E-state index in [9.17, 15) is 4.79 Å². The summed E-state index contributed by atoms with van der Waals surface area (Å²) >= 11 is 1.28. The molecule has 0 atom stereocenters. The van der Waals surface area contributed by atoms with Crippen molar-refractivity contribution in [2.45, 2.75) is 6.92 Å². The van der Waals surface area contributed by atoms with Crippen LogP contribution in [0, 0.1) is 0 Å². The summed E-state index contributed by atoms with van der Waals surface area (Å²) in [7, 11) is 1.36. The molecule has 0 saturated heterocycles. The van der Waals surface area contributed by atoms with Crippen LogP contribution in [0.4, 0.5) is 11.5 Å². The Bertz CT molecular complexity index is 664. The Morgan fingerprint density at radius 3 is 3.06 bits per heavy atom. The first-order chi connectivity index (χ1) is 8.76. The Labute approximate surface area is 107 Å². The highest BCUT2D eigenvalue weighted by Gasteiger charge is 2.26. The van der Waals surface area contributed by atoms with E-state index in [1.807, 2.05) is 11.8 Å². The van der Waals surface area contributed by atoms with Gasteiger partial charge in [-0.2, -0.15) is 0 Å². The van der Waals surface area contributed by atoms with Crippen molar-refractivity contribution < 1.29 is 9.53 Å². The van der Waals surface area contributed by atoms with E-state index < -0.39 is 0 Å². The van der Waals surface area contributed by atoms with Crippen LogP contribution in [-0.2, 0) is 4.74 Å². The summed E-state index contributed by atoms with van der Waals surface area (Å²) in [5.74, 6) is 0.403. The van der Waals surface area contributed by atoms with Crippen molar-refractivity contribution in [3.05, 3.63) is 11.2 Å². The van der Waals surface area contributed by atoms with Crippen molar-refractivity contribution in [2.24, 2.45) is 4.99 Å². The number of nitrogens with zero attached hydrogens (tertiary/aromatic N) is 4. The summed E-state index contributed by atoms with van der Waals surface area (Å²) in [5.41, 5.74) is 0.613. The number of hydrogen-bond donors (Lipinski definition) is 0. The lowest BCUT2D eigenvalue weighted by Crippen LogP contribution is -2.23. The maximum Gasteiger partial charge on any atom is 0.350 e. The normalized spacial score (nSPS) is 13.1. The van der Waals surface area contributed by atoms with Crippen molar-refractivity contribution in [1.82, 2.24) is 9.97 Å². The molecule has 0 radical (unpaired) electrons. The summed E-state index contributed by atoms with van der Waals surface area (Å²) in [4.78, 5) is 27.6. The van der Waals surface area contributed by atoms with Gasteiger partial charge in [0.15, 0.2) is 0 Å². The minimum absolute atomic E-state index is 0.388. The lowest BCUT2D eigenvalue weighted by atomic mass is 10.2. The van der Waals surface area contributed by atoms with Crippen LogP contribution >= 0.6 is 11.3 Å². The number of esters is 1. The van der Waals surface area contributed by atoms with Crippen molar-refractivity contribution in [3.8, 4) is 0 Å². The van der Waals surface area contributed by atoms with Crippen molar-refractivity contribution in [1.29, 1.82) is 0 Å². The Hall–Kier alpha value is -2.02. The molecule has 0 bridgehead atoms. The monoisotopic (exact) mass is 262 g/mol. The fourth-order valence-corrected chi connectivity index (χ4v) is 2.89. The first kappa shape index (κ1) is 11.1. The summed E-state index contributed by atoms with van der Waals surface area (Å²) in [6.07, 6.45) is 3.18. The van der Waals surface area contributed by atoms with Gasteiger partial charge in [-0.1, -0.05) is 0 Å². The second-order valence-electron chi connectivity index (χ2n) is 3.68. The standard InChI is InChI=1S/C11H10N4O2S/c1-3-15-5-14-7-6-9(15)12-4-13-10(6)18-8(7)11(16)17-2/h4-5H,3H2,1-2H3. The molecule has 7 heteroatoms. The molecular formula is C11H10N4O2S. The van der Waals surface area contributed by atoms with E-state index in [1.165, 1.54) is 24.8 Å². The third-order valence-corrected chi connectivity index (χ3v) is 3.82. The van der Waals surface area contributed by atoms with Crippen molar-refractivity contribution in [3.63, 3.8) is 0 Å². The highest BCUT2D eigenvalue weighted by molar-refractivity contribution is 7.21. The number of anilines is 1. The van der Waals surface area contributed by atoms with Gasteiger partial charge in [-0.15, -0.1) is 11.3 Å². The molecule has 0 aliphatic carbocycles.